The molecule has 0 aliphatic heterocycles. The SMILES string of the molecule is CCCCCNC(=O)Cc1ccc(-n2c(=O)c3ccccc3n(Cc3cccc(OC)c3)c2=O)cc1. The second-order valence-electron chi connectivity index (χ2n) is 8.78. The van der Waals surface area contributed by atoms with E-state index in [-0.39, 0.29) is 24.4 Å². The molecule has 1 aromatic heterocycles. The average molecular weight is 486 g/mol. The number of rotatable bonds is 10. The molecule has 0 bridgehead atoms. The third-order valence-corrected chi connectivity index (χ3v) is 6.19. The molecule has 0 spiro atoms. The van der Waals surface area contributed by atoms with Gasteiger partial charge >= 0.3 is 5.69 Å². The van der Waals surface area contributed by atoms with Crippen LogP contribution in [0.3, 0.4) is 0 Å². The quantitative estimate of drug-likeness (QED) is 0.344. The lowest BCUT2D eigenvalue weighted by Gasteiger charge is -2.15. The molecule has 0 saturated carbocycles. The predicted octanol–water partition coefficient (Wildman–Crippen LogP) is 4.06. The number of amides is 1. The summed E-state index contributed by atoms with van der Waals surface area (Å²) in [7, 11) is 1.60. The van der Waals surface area contributed by atoms with Crippen molar-refractivity contribution in [3.05, 3.63) is 105 Å². The van der Waals surface area contributed by atoms with Crippen molar-refractivity contribution in [2.75, 3.05) is 13.7 Å². The van der Waals surface area contributed by atoms with Crippen molar-refractivity contribution in [1.82, 2.24) is 14.5 Å². The molecule has 186 valence electrons. The van der Waals surface area contributed by atoms with E-state index in [2.05, 4.69) is 12.2 Å². The van der Waals surface area contributed by atoms with Crippen LogP contribution in [0.2, 0.25) is 0 Å². The van der Waals surface area contributed by atoms with Gasteiger partial charge in [-0.15, -0.1) is 0 Å². The Morgan fingerprint density at radius 1 is 0.917 bits per heavy atom. The number of fused-ring (bicyclic) bond motifs is 1. The van der Waals surface area contributed by atoms with Crippen molar-refractivity contribution in [1.29, 1.82) is 0 Å². The zero-order valence-corrected chi connectivity index (χ0v) is 20.7. The Morgan fingerprint density at radius 3 is 2.44 bits per heavy atom. The first-order valence-corrected chi connectivity index (χ1v) is 12.3. The minimum absolute atomic E-state index is 0.0395. The van der Waals surface area contributed by atoms with Crippen molar-refractivity contribution in [2.24, 2.45) is 0 Å². The molecule has 1 N–H and O–H groups in total. The van der Waals surface area contributed by atoms with Crippen LogP contribution in [0.15, 0.2) is 82.4 Å². The molecule has 3 aromatic carbocycles. The Morgan fingerprint density at radius 2 is 1.69 bits per heavy atom. The van der Waals surface area contributed by atoms with Crippen LogP contribution in [-0.2, 0) is 17.8 Å². The number of para-hydroxylation sites is 1. The zero-order chi connectivity index (χ0) is 25.5. The smallest absolute Gasteiger partial charge is 0.336 e. The number of nitrogens with one attached hydrogen (secondary N) is 1. The van der Waals surface area contributed by atoms with E-state index in [9.17, 15) is 14.4 Å². The highest BCUT2D eigenvalue weighted by Crippen LogP contribution is 2.16. The van der Waals surface area contributed by atoms with Crippen LogP contribution in [-0.4, -0.2) is 28.7 Å². The van der Waals surface area contributed by atoms with Gasteiger partial charge in [0, 0.05) is 6.54 Å². The van der Waals surface area contributed by atoms with Crippen LogP contribution >= 0.6 is 0 Å². The number of methoxy groups -OCH3 is 1. The number of unbranched alkanes of at least 4 members (excludes halogenated alkanes) is 2. The number of carbonyl (C=O) groups is 1. The summed E-state index contributed by atoms with van der Waals surface area (Å²) in [5, 5.41) is 3.39. The van der Waals surface area contributed by atoms with Gasteiger partial charge in [-0.25, -0.2) is 9.36 Å². The fraction of sp³-hybridized carbons (Fsp3) is 0.276. The minimum Gasteiger partial charge on any atom is -0.497 e. The molecule has 4 rings (SSSR count). The van der Waals surface area contributed by atoms with Crippen LogP contribution in [0.5, 0.6) is 5.75 Å². The van der Waals surface area contributed by atoms with Gasteiger partial charge in [-0.1, -0.05) is 56.2 Å². The lowest BCUT2D eigenvalue weighted by molar-refractivity contribution is -0.120. The molecule has 1 heterocycles. The third-order valence-electron chi connectivity index (χ3n) is 6.19. The van der Waals surface area contributed by atoms with Crippen molar-refractivity contribution in [3.8, 4) is 11.4 Å². The Kier molecular flexibility index (Phi) is 8.00. The van der Waals surface area contributed by atoms with Gasteiger partial charge in [0.2, 0.25) is 5.91 Å². The maximum Gasteiger partial charge on any atom is 0.336 e. The van der Waals surface area contributed by atoms with Gasteiger partial charge in [0.25, 0.3) is 5.56 Å². The molecule has 0 atom stereocenters. The molecule has 7 nitrogen and oxygen atoms in total. The molecular weight excluding hydrogens is 454 g/mol. The second kappa shape index (κ2) is 11.5. The van der Waals surface area contributed by atoms with Gasteiger partial charge in [-0.2, -0.15) is 0 Å². The maximum absolute atomic E-state index is 13.6. The van der Waals surface area contributed by atoms with E-state index in [1.165, 1.54) is 4.57 Å². The van der Waals surface area contributed by atoms with E-state index in [4.69, 9.17) is 4.74 Å². The number of carbonyl (C=O) groups excluding carboxylic acids is 1. The summed E-state index contributed by atoms with van der Waals surface area (Å²) in [4.78, 5) is 39.2. The Bertz CT molecular complexity index is 1470. The van der Waals surface area contributed by atoms with Gasteiger partial charge in [0.1, 0.15) is 5.75 Å². The molecule has 0 aliphatic rings. The molecule has 36 heavy (non-hydrogen) atoms. The lowest BCUT2D eigenvalue weighted by atomic mass is 10.1. The van der Waals surface area contributed by atoms with E-state index in [1.54, 1.807) is 54.1 Å². The number of hydrogen-bond acceptors (Lipinski definition) is 4. The van der Waals surface area contributed by atoms with Crippen LogP contribution in [0.1, 0.15) is 37.3 Å². The number of nitrogens with zero attached hydrogens (tertiary/aromatic N) is 2. The Labute approximate surface area is 210 Å². The van der Waals surface area contributed by atoms with Crippen molar-refractivity contribution < 1.29 is 9.53 Å². The van der Waals surface area contributed by atoms with E-state index in [0.29, 0.717) is 28.9 Å². The van der Waals surface area contributed by atoms with E-state index in [0.717, 1.165) is 30.4 Å². The molecule has 0 radical (unpaired) electrons. The largest absolute Gasteiger partial charge is 0.497 e. The Hall–Kier alpha value is -4.13. The molecule has 0 fully saturated rings. The number of hydrogen-bond donors (Lipinski definition) is 1. The summed E-state index contributed by atoms with van der Waals surface area (Å²) in [6.45, 7) is 3.08. The first kappa shape index (κ1) is 25.0. The number of benzene rings is 3. The first-order chi connectivity index (χ1) is 17.5. The van der Waals surface area contributed by atoms with Crippen LogP contribution in [0.4, 0.5) is 0 Å². The van der Waals surface area contributed by atoms with Gasteiger partial charge in [0.05, 0.1) is 36.7 Å². The highest BCUT2D eigenvalue weighted by molar-refractivity contribution is 5.79. The fourth-order valence-corrected chi connectivity index (χ4v) is 4.27. The molecule has 0 aliphatic carbocycles. The normalized spacial score (nSPS) is 10.9. The fourth-order valence-electron chi connectivity index (χ4n) is 4.27. The number of ether oxygens (including phenoxy) is 1. The molecule has 7 heteroatoms. The molecule has 0 unspecified atom stereocenters. The molecule has 0 saturated heterocycles. The highest BCUT2D eigenvalue weighted by atomic mass is 16.5. The summed E-state index contributed by atoms with van der Waals surface area (Å²) in [6, 6.07) is 21.6. The van der Waals surface area contributed by atoms with Crippen molar-refractivity contribution in [3.63, 3.8) is 0 Å². The van der Waals surface area contributed by atoms with E-state index >= 15 is 0 Å². The third kappa shape index (κ3) is 5.57. The van der Waals surface area contributed by atoms with Gasteiger partial charge in [-0.3, -0.25) is 14.2 Å². The standard InChI is InChI=1S/C29H31N3O4/c1-3-4-7-17-30-27(33)19-21-13-15-23(16-14-21)32-28(34)25-11-5-6-12-26(25)31(29(32)35)20-22-9-8-10-24(18-22)36-2/h5-6,8-16,18H,3-4,7,17,19-20H2,1-2H3,(H,30,33). The second-order valence-corrected chi connectivity index (χ2v) is 8.78. The highest BCUT2D eigenvalue weighted by Gasteiger charge is 2.15. The average Bonchev–Trinajstić information content (AvgIpc) is 2.90. The zero-order valence-electron chi connectivity index (χ0n) is 20.7. The Balaban J connectivity index is 1.67. The molecule has 1 amide bonds. The van der Waals surface area contributed by atoms with Gasteiger partial charge < -0.3 is 10.1 Å². The summed E-state index contributed by atoms with van der Waals surface area (Å²) < 4.78 is 8.11. The predicted molar refractivity (Wildman–Crippen MR) is 142 cm³/mol. The molecular formula is C29H31N3O4. The van der Waals surface area contributed by atoms with Crippen molar-refractivity contribution in [2.45, 2.75) is 39.2 Å². The maximum atomic E-state index is 13.6. The number of aromatic nitrogens is 2. The van der Waals surface area contributed by atoms with Gasteiger partial charge in [0.15, 0.2) is 0 Å². The van der Waals surface area contributed by atoms with E-state index in [1.807, 2.05) is 30.3 Å². The minimum atomic E-state index is -0.428. The van der Waals surface area contributed by atoms with Crippen LogP contribution in [0, 0.1) is 0 Å². The summed E-state index contributed by atoms with van der Waals surface area (Å²) >= 11 is 0. The topological polar surface area (TPSA) is 82.3 Å². The van der Waals surface area contributed by atoms with Crippen LogP contribution in [0.25, 0.3) is 16.6 Å². The van der Waals surface area contributed by atoms with E-state index < -0.39 is 5.69 Å². The van der Waals surface area contributed by atoms with Crippen molar-refractivity contribution >= 4 is 16.8 Å². The first-order valence-electron chi connectivity index (χ1n) is 12.3. The molecule has 4 aromatic rings. The lowest BCUT2D eigenvalue weighted by Crippen LogP contribution is -2.39. The summed E-state index contributed by atoms with van der Waals surface area (Å²) in [5.41, 5.74) is 1.93. The summed E-state index contributed by atoms with van der Waals surface area (Å²) in [5.74, 6) is 0.658. The van der Waals surface area contributed by atoms with Crippen LogP contribution < -0.4 is 21.3 Å². The monoisotopic (exact) mass is 485 g/mol. The summed E-state index contributed by atoms with van der Waals surface area (Å²) in [6.07, 6.45) is 3.41. The van der Waals surface area contributed by atoms with Gasteiger partial charge in [-0.05, 0) is 53.9 Å².